The zero-order chi connectivity index (χ0) is 24.7. The van der Waals surface area contributed by atoms with Gasteiger partial charge in [-0.15, -0.1) is 0 Å². The average molecular weight is 483 g/mol. The smallest absolute Gasteiger partial charge is 0.341 e. The number of esters is 1. The van der Waals surface area contributed by atoms with Gasteiger partial charge in [0.25, 0.3) is 0 Å². The molecular formula is C25H26N2O6S. The molecule has 0 atom stereocenters. The largest absolute Gasteiger partial charge is 0.462 e. The normalized spacial score (nSPS) is 10.9. The summed E-state index contributed by atoms with van der Waals surface area (Å²) in [6.07, 6.45) is 0.600. The number of nitrogens with one attached hydrogen (secondary N) is 2. The predicted octanol–water partition coefficient (Wildman–Crippen LogP) is 5.28. The molecule has 0 aliphatic carbocycles. The van der Waals surface area contributed by atoms with Crippen LogP contribution in [-0.2, 0) is 14.9 Å². The van der Waals surface area contributed by atoms with Crippen molar-refractivity contribution in [1.82, 2.24) is 0 Å². The number of urea groups is 1. The van der Waals surface area contributed by atoms with Crippen LogP contribution in [0.4, 0.5) is 16.2 Å². The van der Waals surface area contributed by atoms with Crippen molar-refractivity contribution in [2.24, 2.45) is 0 Å². The monoisotopic (exact) mass is 482 g/mol. The first kappa shape index (κ1) is 24.8. The van der Waals surface area contributed by atoms with Gasteiger partial charge < -0.3 is 19.6 Å². The van der Waals surface area contributed by atoms with Crippen LogP contribution in [0.25, 0.3) is 0 Å². The standard InChI is InChI=1S/C25H26N2O6S/c1-4-15-32-24(28)22-14-11-20(27-25(29)26-19-9-5-17(2)6-10-19)16-23(22)33-34(30,31)21-12-7-18(3)8-13-21/h5-14,16H,4,15H2,1-3H3,(H2,26,27,29). The van der Waals surface area contributed by atoms with E-state index in [0.29, 0.717) is 12.1 Å². The van der Waals surface area contributed by atoms with Crippen molar-refractivity contribution in [3.8, 4) is 5.75 Å². The second-order valence-electron chi connectivity index (χ2n) is 7.64. The molecule has 0 aliphatic heterocycles. The minimum absolute atomic E-state index is 0.0681. The lowest BCUT2D eigenvalue weighted by molar-refractivity contribution is 0.0503. The third-order valence-electron chi connectivity index (χ3n) is 4.72. The summed E-state index contributed by atoms with van der Waals surface area (Å²) in [7, 11) is -4.24. The summed E-state index contributed by atoms with van der Waals surface area (Å²) < 4.78 is 36.1. The van der Waals surface area contributed by atoms with Gasteiger partial charge in [-0.1, -0.05) is 42.3 Å². The van der Waals surface area contributed by atoms with Crippen LogP contribution in [-0.4, -0.2) is 27.0 Å². The van der Waals surface area contributed by atoms with Crippen molar-refractivity contribution in [3.63, 3.8) is 0 Å². The molecule has 0 spiro atoms. The van der Waals surface area contributed by atoms with Gasteiger partial charge in [-0.3, -0.25) is 0 Å². The van der Waals surface area contributed by atoms with E-state index in [-0.39, 0.29) is 28.5 Å². The maximum Gasteiger partial charge on any atom is 0.341 e. The molecule has 0 unspecified atom stereocenters. The van der Waals surface area contributed by atoms with E-state index in [1.165, 1.54) is 30.3 Å². The zero-order valence-electron chi connectivity index (χ0n) is 19.1. The SMILES string of the molecule is CCCOC(=O)c1ccc(NC(=O)Nc2ccc(C)cc2)cc1OS(=O)(=O)c1ccc(C)cc1. The molecule has 0 aliphatic rings. The number of hydrogen-bond acceptors (Lipinski definition) is 6. The van der Waals surface area contributed by atoms with Gasteiger partial charge >= 0.3 is 22.1 Å². The summed E-state index contributed by atoms with van der Waals surface area (Å²) in [5, 5.41) is 5.29. The van der Waals surface area contributed by atoms with Gasteiger partial charge in [0.05, 0.1) is 6.61 Å². The van der Waals surface area contributed by atoms with Crippen molar-refractivity contribution < 1.29 is 26.9 Å². The van der Waals surface area contributed by atoms with Gasteiger partial charge in [0, 0.05) is 17.4 Å². The number of benzene rings is 3. The third kappa shape index (κ3) is 6.58. The lowest BCUT2D eigenvalue weighted by Gasteiger charge is -2.14. The first-order valence-electron chi connectivity index (χ1n) is 10.6. The van der Waals surface area contributed by atoms with E-state index in [1.54, 1.807) is 24.3 Å². The first-order valence-corrected chi connectivity index (χ1v) is 12.1. The van der Waals surface area contributed by atoms with E-state index in [9.17, 15) is 18.0 Å². The molecule has 0 saturated heterocycles. The number of carbonyl (C=O) groups excluding carboxylic acids is 2. The molecule has 0 radical (unpaired) electrons. The Kier molecular flexibility index (Phi) is 7.91. The molecule has 0 bridgehead atoms. The van der Waals surface area contributed by atoms with Crippen molar-refractivity contribution >= 4 is 33.5 Å². The predicted molar refractivity (Wildman–Crippen MR) is 130 cm³/mol. The fraction of sp³-hybridized carbons (Fsp3) is 0.200. The molecule has 3 aromatic rings. The Labute approximate surface area is 199 Å². The summed E-state index contributed by atoms with van der Waals surface area (Å²) in [4.78, 5) is 24.8. The lowest BCUT2D eigenvalue weighted by atomic mass is 10.2. The summed E-state index contributed by atoms with van der Waals surface area (Å²) >= 11 is 0. The van der Waals surface area contributed by atoms with Crippen LogP contribution in [0.5, 0.6) is 5.75 Å². The molecule has 0 saturated carbocycles. The molecule has 178 valence electrons. The molecule has 3 rings (SSSR count). The second kappa shape index (κ2) is 10.8. The number of hydrogen-bond donors (Lipinski definition) is 2. The molecule has 2 N–H and O–H groups in total. The molecule has 2 amide bonds. The van der Waals surface area contributed by atoms with Crippen molar-refractivity contribution in [2.75, 3.05) is 17.2 Å². The summed E-state index contributed by atoms with van der Waals surface area (Å²) in [5.74, 6) is -0.985. The highest BCUT2D eigenvalue weighted by Crippen LogP contribution is 2.28. The second-order valence-corrected chi connectivity index (χ2v) is 9.19. The van der Waals surface area contributed by atoms with Gasteiger partial charge in [0.1, 0.15) is 10.5 Å². The lowest BCUT2D eigenvalue weighted by Crippen LogP contribution is -2.20. The topological polar surface area (TPSA) is 111 Å². The number of ether oxygens (including phenoxy) is 1. The molecule has 0 aromatic heterocycles. The van der Waals surface area contributed by atoms with E-state index in [0.717, 1.165) is 11.1 Å². The van der Waals surface area contributed by atoms with Crippen LogP contribution < -0.4 is 14.8 Å². The Morgan fingerprint density at radius 3 is 2.00 bits per heavy atom. The molecular weight excluding hydrogens is 456 g/mol. The van der Waals surface area contributed by atoms with Crippen LogP contribution >= 0.6 is 0 Å². The minimum atomic E-state index is -4.24. The van der Waals surface area contributed by atoms with E-state index in [2.05, 4.69) is 10.6 Å². The quantitative estimate of drug-likeness (QED) is 0.334. The van der Waals surface area contributed by atoms with E-state index in [4.69, 9.17) is 8.92 Å². The van der Waals surface area contributed by atoms with Crippen molar-refractivity contribution in [2.45, 2.75) is 32.1 Å². The van der Waals surface area contributed by atoms with Gasteiger partial charge in [0.15, 0.2) is 5.75 Å². The van der Waals surface area contributed by atoms with E-state index >= 15 is 0 Å². The van der Waals surface area contributed by atoms with Gasteiger partial charge in [-0.05, 0) is 56.7 Å². The Morgan fingerprint density at radius 2 is 1.38 bits per heavy atom. The number of aryl methyl sites for hydroxylation is 2. The number of carbonyl (C=O) groups is 2. The fourth-order valence-corrected chi connectivity index (χ4v) is 3.85. The highest BCUT2D eigenvalue weighted by atomic mass is 32.2. The van der Waals surface area contributed by atoms with Crippen molar-refractivity contribution in [3.05, 3.63) is 83.4 Å². The summed E-state index contributed by atoms with van der Waals surface area (Å²) in [6.45, 7) is 5.77. The minimum Gasteiger partial charge on any atom is -0.462 e. The maximum atomic E-state index is 12.8. The Balaban J connectivity index is 1.87. The molecule has 0 fully saturated rings. The maximum absolute atomic E-state index is 12.8. The highest BCUT2D eigenvalue weighted by molar-refractivity contribution is 7.87. The van der Waals surface area contributed by atoms with Crippen LogP contribution in [0.15, 0.2) is 71.6 Å². The summed E-state index contributed by atoms with van der Waals surface area (Å²) in [5.41, 5.74) is 2.67. The average Bonchev–Trinajstić information content (AvgIpc) is 2.79. The Bertz CT molecular complexity index is 1270. The molecule has 3 aromatic carbocycles. The summed E-state index contributed by atoms with van der Waals surface area (Å²) in [6, 6.07) is 16.9. The highest BCUT2D eigenvalue weighted by Gasteiger charge is 2.23. The Morgan fingerprint density at radius 1 is 0.824 bits per heavy atom. The Hall–Kier alpha value is -3.85. The van der Waals surface area contributed by atoms with Crippen LogP contribution in [0.2, 0.25) is 0 Å². The molecule has 8 nitrogen and oxygen atoms in total. The van der Waals surface area contributed by atoms with E-state index < -0.39 is 22.1 Å². The molecule has 9 heteroatoms. The number of rotatable bonds is 8. The third-order valence-corrected chi connectivity index (χ3v) is 5.96. The van der Waals surface area contributed by atoms with Crippen LogP contribution in [0.3, 0.4) is 0 Å². The van der Waals surface area contributed by atoms with Gasteiger partial charge in [-0.2, -0.15) is 8.42 Å². The van der Waals surface area contributed by atoms with E-state index in [1.807, 2.05) is 32.9 Å². The van der Waals surface area contributed by atoms with Crippen LogP contribution in [0, 0.1) is 13.8 Å². The first-order chi connectivity index (χ1) is 16.2. The van der Waals surface area contributed by atoms with Crippen LogP contribution in [0.1, 0.15) is 34.8 Å². The molecule has 34 heavy (non-hydrogen) atoms. The fourth-order valence-electron chi connectivity index (χ4n) is 2.91. The number of amides is 2. The van der Waals surface area contributed by atoms with Crippen molar-refractivity contribution in [1.29, 1.82) is 0 Å². The number of anilines is 2. The molecule has 0 heterocycles. The van der Waals surface area contributed by atoms with Gasteiger partial charge in [0.2, 0.25) is 0 Å². The zero-order valence-corrected chi connectivity index (χ0v) is 19.9. The van der Waals surface area contributed by atoms with Gasteiger partial charge in [-0.25, -0.2) is 9.59 Å².